The third-order valence-corrected chi connectivity index (χ3v) is 6.55. The Morgan fingerprint density at radius 1 is 1.11 bits per heavy atom. The lowest BCUT2D eigenvalue weighted by Gasteiger charge is -2.33. The first kappa shape index (κ1) is 19.0. The van der Waals surface area contributed by atoms with Crippen LogP contribution in [0, 0.1) is 17.2 Å². The van der Waals surface area contributed by atoms with E-state index in [2.05, 4.69) is 18.2 Å². The number of nitrogens with zero attached hydrogens (tertiary/aromatic N) is 2. The monoisotopic (exact) mass is 406 g/mol. The molecule has 3 nitrogen and oxygen atoms in total. The van der Waals surface area contributed by atoms with Crippen molar-refractivity contribution in [2.24, 2.45) is 10.9 Å². The molecule has 4 rings (SSSR count). The number of hydrogen-bond acceptors (Lipinski definition) is 4. The molecule has 140 valence electrons. The Hall–Kier alpha value is -2.35. The second-order valence-electron chi connectivity index (χ2n) is 7.00. The average Bonchev–Trinajstić information content (AvgIpc) is 2.73. The molecule has 1 aliphatic carbocycles. The predicted octanol–water partition coefficient (Wildman–Crippen LogP) is 5.92. The summed E-state index contributed by atoms with van der Waals surface area (Å²) in [5.41, 5.74) is 3.73. The number of nitriles is 1. The highest BCUT2D eigenvalue weighted by Crippen LogP contribution is 2.45. The summed E-state index contributed by atoms with van der Waals surface area (Å²) in [6.07, 6.45) is 2.14. The molecule has 1 aliphatic heterocycles. The lowest BCUT2D eigenvalue weighted by molar-refractivity contribution is -0.116. The van der Waals surface area contributed by atoms with Gasteiger partial charge in [0.15, 0.2) is 5.78 Å². The number of allylic oxidation sites excluding steroid dienone is 2. The van der Waals surface area contributed by atoms with E-state index in [-0.39, 0.29) is 11.7 Å². The van der Waals surface area contributed by atoms with Gasteiger partial charge in [-0.2, -0.15) is 5.26 Å². The van der Waals surface area contributed by atoms with Gasteiger partial charge in [-0.3, -0.25) is 4.79 Å². The zero-order chi connectivity index (χ0) is 19.5. The van der Waals surface area contributed by atoms with E-state index in [1.54, 1.807) is 11.8 Å². The lowest BCUT2D eigenvalue weighted by atomic mass is 9.74. The van der Waals surface area contributed by atoms with Crippen LogP contribution in [-0.4, -0.2) is 10.8 Å². The van der Waals surface area contributed by atoms with Gasteiger partial charge in [0.25, 0.3) is 0 Å². The zero-order valence-electron chi connectivity index (χ0n) is 15.3. The predicted molar refractivity (Wildman–Crippen MR) is 114 cm³/mol. The summed E-state index contributed by atoms with van der Waals surface area (Å²) in [7, 11) is 0. The molecular formula is C23H19ClN2OS. The molecule has 2 aromatic carbocycles. The van der Waals surface area contributed by atoms with Crippen molar-refractivity contribution in [1.82, 2.24) is 0 Å². The van der Waals surface area contributed by atoms with E-state index in [9.17, 15) is 10.1 Å². The number of Topliss-reactive ketones (excluding diaryl/α,β-unsaturated/α-hetero) is 1. The first-order valence-corrected chi connectivity index (χ1v) is 10.7. The minimum Gasteiger partial charge on any atom is -0.294 e. The molecule has 0 spiro atoms. The fraction of sp³-hybridized carbons (Fsp3) is 0.261. The summed E-state index contributed by atoms with van der Waals surface area (Å²) in [6, 6.07) is 20.1. The van der Waals surface area contributed by atoms with E-state index in [1.807, 2.05) is 42.5 Å². The third-order valence-electron chi connectivity index (χ3n) is 5.18. The summed E-state index contributed by atoms with van der Waals surface area (Å²) in [6.45, 7) is 0. The van der Waals surface area contributed by atoms with Crippen LogP contribution in [0.2, 0.25) is 5.02 Å². The van der Waals surface area contributed by atoms with Gasteiger partial charge >= 0.3 is 0 Å². The summed E-state index contributed by atoms with van der Waals surface area (Å²) < 4.78 is 0. The van der Waals surface area contributed by atoms with Gasteiger partial charge in [-0.25, -0.2) is 4.99 Å². The van der Waals surface area contributed by atoms with Gasteiger partial charge in [-0.15, -0.1) is 11.8 Å². The molecule has 0 bridgehead atoms. The van der Waals surface area contributed by atoms with Crippen LogP contribution in [0.25, 0.3) is 0 Å². The number of carbonyl (C=O) groups is 1. The molecule has 5 heteroatoms. The normalized spacial score (nSPS) is 21.7. The van der Waals surface area contributed by atoms with Gasteiger partial charge < -0.3 is 0 Å². The summed E-state index contributed by atoms with van der Waals surface area (Å²) in [5, 5.41) is 11.5. The van der Waals surface area contributed by atoms with Crippen LogP contribution in [0.4, 0.5) is 0 Å². The summed E-state index contributed by atoms with van der Waals surface area (Å²) >= 11 is 7.66. The van der Waals surface area contributed by atoms with Crippen molar-refractivity contribution in [3.8, 4) is 6.07 Å². The number of aliphatic imine (C=N–C) groups is 1. The molecule has 1 heterocycles. The zero-order valence-corrected chi connectivity index (χ0v) is 16.8. The number of thioether (sulfide) groups is 1. The van der Waals surface area contributed by atoms with E-state index >= 15 is 0 Å². The van der Waals surface area contributed by atoms with Crippen LogP contribution >= 0.6 is 23.4 Å². The maximum atomic E-state index is 12.8. The Labute approximate surface area is 174 Å². The highest BCUT2D eigenvalue weighted by molar-refractivity contribution is 8.13. The van der Waals surface area contributed by atoms with Crippen molar-refractivity contribution in [3.63, 3.8) is 0 Å². The molecule has 0 fully saturated rings. The maximum Gasteiger partial charge on any atom is 0.161 e. The Bertz CT molecular complexity index is 990. The fourth-order valence-electron chi connectivity index (χ4n) is 3.84. The van der Waals surface area contributed by atoms with Gasteiger partial charge in [0, 0.05) is 34.4 Å². The molecule has 0 N–H and O–H groups in total. The summed E-state index contributed by atoms with van der Waals surface area (Å²) in [4.78, 5) is 17.6. The fourth-order valence-corrected chi connectivity index (χ4v) is 5.02. The molecule has 2 aromatic rings. The number of hydrogen-bond donors (Lipinski definition) is 0. The van der Waals surface area contributed by atoms with Crippen LogP contribution in [0.5, 0.6) is 0 Å². The minimum atomic E-state index is -0.462. The largest absolute Gasteiger partial charge is 0.294 e. The second-order valence-corrected chi connectivity index (χ2v) is 8.43. The minimum absolute atomic E-state index is 0.123. The number of ketones is 1. The van der Waals surface area contributed by atoms with Crippen LogP contribution in [-0.2, 0) is 10.5 Å². The van der Waals surface area contributed by atoms with Crippen molar-refractivity contribution >= 4 is 34.2 Å². The van der Waals surface area contributed by atoms with E-state index in [4.69, 9.17) is 16.6 Å². The van der Waals surface area contributed by atoms with E-state index < -0.39 is 5.92 Å². The topological polar surface area (TPSA) is 53.2 Å². The number of carbonyl (C=O) groups excluding carboxylic acids is 1. The van der Waals surface area contributed by atoms with Gasteiger partial charge in [0.2, 0.25) is 0 Å². The Morgan fingerprint density at radius 2 is 1.86 bits per heavy atom. The average molecular weight is 407 g/mol. The number of benzene rings is 2. The molecule has 0 aromatic heterocycles. The molecule has 2 atom stereocenters. The molecule has 0 saturated heterocycles. The SMILES string of the molecule is N#CC1C(SCc2ccccc2)=NC2=C(C(=O)CCC2)[C@@H]1c1ccc(Cl)cc1. The van der Waals surface area contributed by atoms with E-state index in [0.29, 0.717) is 11.4 Å². The standard InChI is InChI=1S/C23H19ClN2OS/c24-17-11-9-16(10-12-17)21-18(13-25)23(28-14-15-5-2-1-3-6-15)26-19-7-4-8-20(27)22(19)21/h1-3,5-6,9-12,18,21H,4,7-8,14H2/t18?,21-/m1/s1. The molecule has 28 heavy (non-hydrogen) atoms. The van der Waals surface area contributed by atoms with Gasteiger partial charge in [0.05, 0.1) is 11.1 Å². The van der Waals surface area contributed by atoms with Crippen molar-refractivity contribution < 1.29 is 4.79 Å². The van der Waals surface area contributed by atoms with Crippen molar-refractivity contribution in [2.75, 3.05) is 0 Å². The first-order chi connectivity index (χ1) is 13.7. The molecule has 1 unspecified atom stereocenters. The van der Waals surface area contributed by atoms with Crippen LogP contribution < -0.4 is 0 Å². The Morgan fingerprint density at radius 3 is 2.57 bits per heavy atom. The lowest BCUT2D eigenvalue weighted by Crippen LogP contribution is -2.30. The molecule has 0 radical (unpaired) electrons. The van der Waals surface area contributed by atoms with Crippen molar-refractivity contribution in [3.05, 3.63) is 82.0 Å². The quantitative estimate of drug-likeness (QED) is 0.636. The molecule has 2 aliphatic rings. The van der Waals surface area contributed by atoms with Crippen LogP contribution in [0.3, 0.4) is 0 Å². The number of halogens is 1. The molecule has 0 saturated carbocycles. The van der Waals surface area contributed by atoms with Crippen molar-refractivity contribution in [2.45, 2.75) is 30.9 Å². The smallest absolute Gasteiger partial charge is 0.161 e. The Balaban J connectivity index is 1.73. The highest BCUT2D eigenvalue weighted by Gasteiger charge is 2.40. The van der Waals surface area contributed by atoms with Crippen LogP contribution in [0.15, 0.2) is 70.9 Å². The van der Waals surface area contributed by atoms with Gasteiger partial charge in [0.1, 0.15) is 5.92 Å². The third kappa shape index (κ3) is 3.78. The molecular weight excluding hydrogens is 388 g/mol. The van der Waals surface area contributed by atoms with Gasteiger partial charge in [-0.05, 0) is 36.1 Å². The maximum absolute atomic E-state index is 12.8. The number of rotatable bonds is 3. The van der Waals surface area contributed by atoms with Crippen LogP contribution in [0.1, 0.15) is 36.3 Å². The van der Waals surface area contributed by atoms with E-state index in [1.165, 1.54) is 5.56 Å². The first-order valence-electron chi connectivity index (χ1n) is 9.34. The second kappa shape index (κ2) is 8.34. The molecule has 0 amide bonds. The van der Waals surface area contributed by atoms with Crippen molar-refractivity contribution in [1.29, 1.82) is 5.26 Å². The van der Waals surface area contributed by atoms with Gasteiger partial charge in [-0.1, -0.05) is 54.1 Å². The van der Waals surface area contributed by atoms with E-state index in [0.717, 1.165) is 40.5 Å². The Kier molecular flexibility index (Phi) is 5.66. The summed E-state index contributed by atoms with van der Waals surface area (Å²) in [5.74, 6) is 0.135. The highest BCUT2D eigenvalue weighted by atomic mass is 35.5.